The molecule has 1 heterocycles. The summed E-state index contributed by atoms with van der Waals surface area (Å²) in [6.07, 6.45) is 0.981. The molecule has 0 aromatic carbocycles. The first kappa shape index (κ1) is 6.83. The lowest BCUT2D eigenvalue weighted by Crippen LogP contribution is -1.69. The average Bonchev–Trinajstić information content (AvgIpc) is 2.41. The summed E-state index contributed by atoms with van der Waals surface area (Å²) < 4.78 is 0. The van der Waals surface area contributed by atoms with Crippen molar-refractivity contribution in [2.45, 2.75) is 6.42 Å². The van der Waals surface area contributed by atoms with Gasteiger partial charge in [-0.3, -0.25) is 0 Å². The molecule has 1 aromatic rings. The van der Waals surface area contributed by atoms with Crippen LogP contribution in [0.2, 0.25) is 0 Å². The van der Waals surface area contributed by atoms with Crippen LogP contribution in [-0.4, -0.2) is 0 Å². The quantitative estimate of drug-likeness (QED) is 0.572. The molecule has 0 amide bonds. The van der Waals surface area contributed by atoms with Crippen LogP contribution in [0, 0.1) is 0 Å². The molecular weight excluding hydrogens is 180 g/mol. The number of hydrogen-bond acceptors (Lipinski definition) is 3. The van der Waals surface area contributed by atoms with Crippen LogP contribution < -0.4 is 0 Å². The molecule has 1 aromatic heterocycles. The van der Waals surface area contributed by atoms with E-state index >= 15 is 0 Å². The van der Waals surface area contributed by atoms with Crippen LogP contribution in [0.25, 0.3) is 4.91 Å². The van der Waals surface area contributed by atoms with E-state index in [9.17, 15) is 0 Å². The molecule has 0 saturated heterocycles. The maximum absolute atomic E-state index is 4.34. The van der Waals surface area contributed by atoms with Crippen molar-refractivity contribution in [1.29, 1.82) is 0 Å². The summed E-state index contributed by atoms with van der Waals surface area (Å²) in [5.41, 5.74) is 1.28. The van der Waals surface area contributed by atoms with Crippen LogP contribution in [0.5, 0.6) is 0 Å². The maximum Gasteiger partial charge on any atom is 0.0220 e. The number of hydrogen-bond donors (Lipinski definition) is 2. The van der Waals surface area contributed by atoms with Crippen molar-refractivity contribution in [3.05, 3.63) is 26.8 Å². The van der Waals surface area contributed by atoms with Gasteiger partial charge in [0.1, 0.15) is 0 Å². The molecule has 0 atom stereocenters. The van der Waals surface area contributed by atoms with Gasteiger partial charge < -0.3 is 0 Å². The zero-order chi connectivity index (χ0) is 7.14. The van der Waals surface area contributed by atoms with E-state index in [0.29, 0.717) is 0 Å². The van der Waals surface area contributed by atoms with Crippen molar-refractivity contribution < 1.29 is 0 Å². The minimum atomic E-state index is 0.981. The van der Waals surface area contributed by atoms with Gasteiger partial charge in [0.15, 0.2) is 0 Å². The Kier molecular flexibility index (Phi) is 1.59. The van der Waals surface area contributed by atoms with Gasteiger partial charge in [-0.2, -0.15) is 0 Å². The molecule has 0 fully saturated rings. The van der Waals surface area contributed by atoms with Crippen molar-refractivity contribution in [2.24, 2.45) is 0 Å². The van der Waals surface area contributed by atoms with Crippen LogP contribution in [0.3, 0.4) is 0 Å². The maximum atomic E-state index is 4.34. The summed E-state index contributed by atoms with van der Waals surface area (Å²) in [6, 6.07) is 2.10. The molecule has 0 radical (unpaired) electrons. The highest BCUT2D eigenvalue weighted by Crippen LogP contribution is 2.39. The minimum absolute atomic E-state index is 0.981. The Morgan fingerprint density at radius 2 is 2.20 bits per heavy atom. The molecule has 52 valence electrons. The number of allylic oxidation sites excluding steroid dienone is 1. The van der Waals surface area contributed by atoms with Crippen molar-refractivity contribution in [1.82, 2.24) is 0 Å². The molecule has 0 spiro atoms. The Morgan fingerprint density at radius 3 is 2.90 bits per heavy atom. The largest absolute Gasteiger partial charge is 0.148 e. The molecule has 0 saturated carbocycles. The van der Waals surface area contributed by atoms with Gasteiger partial charge in [-0.25, -0.2) is 0 Å². The van der Waals surface area contributed by atoms with E-state index in [-0.39, 0.29) is 0 Å². The molecule has 0 bridgehead atoms. The predicted octanol–water partition coefficient (Wildman–Crippen LogP) is 2.83. The van der Waals surface area contributed by atoms with E-state index < -0.39 is 0 Å². The second kappa shape index (κ2) is 2.32. The molecule has 0 N–H and O–H groups in total. The highest BCUT2D eigenvalue weighted by atomic mass is 32.1. The van der Waals surface area contributed by atoms with E-state index in [1.807, 2.05) is 0 Å². The van der Waals surface area contributed by atoms with Crippen LogP contribution in [0.15, 0.2) is 16.4 Å². The summed E-state index contributed by atoms with van der Waals surface area (Å²) in [5.74, 6) is 0. The molecule has 2 rings (SSSR count). The smallest absolute Gasteiger partial charge is 0.0220 e. The molecule has 3 heteroatoms. The van der Waals surface area contributed by atoms with Gasteiger partial charge in [0.2, 0.25) is 0 Å². The normalized spacial score (nSPS) is 16.2. The van der Waals surface area contributed by atoms with Crippen molar-refractivity contribution in [3.8, 4) is 0 Å². The van der Waals surface area contributed by atoms with Crippen molar-refractivity contribution in [2.75, 3.05) is 0 Å². The van der Waals surface area contributed by atoms with E-state index in [0.717, 1.165) is 16.2 Å². The second-order valence-electron chi connectivity index (χ2n) is 2.23. The molecule has 0 nitrogen and oxygen atoms in total. The van der Waals surface area contributed by atoms with E-state index in [1.54, 1.807) is 11.3 Å². The van der Waals surface area contributed by atoms with Gasteiger partial charge in [0.25, 0.3) is 0 Å². The molecule has 0 unspecified atom stereocenters. The summed E-state index contributed by atoms with van der Waals surface area (Å²) in [6.45, 7) is 0. The number of thiophene rings is 1. The van der Waals surface area contributed by atoms with Gasteiger partial charge in [-0.05, 0) is 11.4 Å². The molecule has 1 aliphatic carbocycles. The first-order chi connectivity index (χ1) is 4.79. The topological polar surface area (TPSA) is 0 Å². The van der Waals surface area contributed by atoms with Crippen LogP contribution in [0.4, 0.5) is 0 Å². The fraction of sp³-hybridized carbons (Fsp3) is 0.143. The molecule has 1 aliphatic rings. The Bertz CT molecular complexity index is 296. The fourth-order valence-corrected chi connectivity index (χ4v) is 2.72. The second-order valence-corrected chi connectivity index (χ2v) is 4.22. The van der Waals surface area contributed by atoms with Crippen LogP contribution in [-0.2, 0) is 6.42 Å². The summed E-state index contributed by atoms with van der Waals surface area (Å²) in [5, 5.41) is 2.10. The molecular formula is C7H6S3. The first-order valence-electron chi connectivity index (χ1n) is 2.97. The molecule has 10 heavy (non-hydrogen) atoms. The van der Waals surface area contributed by atoms with E-state index in [2.05, 4.69) is 36.7 Å². The predicted molar refractivity (Wildman–Crippen MR) is 52.9 cm³/mol. The standard InChI is InChI=1S/C7H6S3/c8-5-3-6-4(7(5)9)1-2-10-6/h1-2,8-9H,3H2. The Hall–Kier alpha value is 0.140. The SMILES string of the molecule is SC1=C(S)c2ccsc2C1. The Labute approximate surface area is 74.8 Å². The third-order valence-corrected chi connectivity index (χ3v) is 3.59. The number of rotatable bonds is 0. The summed E-state index contributed by atoms with van der Waals surface area (Å²) in [4.78, 5) is 3.56. The van der Waals surface area contributed by atoms with Crippen LogP contribution >= 0.6 is 36.6 Å². The third-order valence-electron chi connectivity index (χ3n) is 1.60. The van der Waals surface area contributed by atoms with Crippen molar-refractivity contribution >= 4 is 41.5 Å². The van der Waals surface area contributed by atoms with Crippen molar-refractivity contribution in [3.63, 3.8) is 0 Å². The Morgan fingerprint density at radius 1 is 1.40 bits per heavy atom. The highest BCUT2D eigenvalue weighted by molar-refractivity contribution is 7.93. The number of thiol groups is 2. The van der Waals surface area contributed by atoms with Gasteiger partial charge in [-0.15, -0.1) is 36.6 Å². The summed E-state index contributed by atoms with van der Waals surface area (Å²) in [7, 11) is 0. The monoisotopic (exact) mass is 186 g/mol. The third kappa shape index (κ3) is 0.847. The molecule has 0 aliphatic heterocycles. The first-order valence-corrected chi connectivity index (χ1v) is 4.74. The lowest BCUT2D eigenvalue weighted by atomic mass is 10.3. The number of fused-ring (bicyclic) bond motifs is 1. The van der Waals surface area contributed by atoms with Gasteiger partial charge in [0.05, 0.1) is 0 Å². The zero-order valence-corrected chi connectivity index (χ0v) is 7.77. The lowest BCUT2D eigenvalue weighted by molar-refractivity contribution is 1.37. The van der Waals surface area contributed by atoms with Gasteiger partial charge in [0, 0.05) is 26.7 Å². The highest BCUT2D eigenvalue weighted by Gasteiger charge is 2.17. The van der Waals surface area contributed by atoms with Gasteiger partial charge >= 0.3 is 0 Å². The fourth-order valence-electron chi connectivity index (χ4n) is 1.08. The van der Waals surface area contributed by atoms with Crippen LogP contribution in [0.1, 0.15) is 10.4 Å². The van der Waals surface area contributed by atoms with Gasteiger partial charge in [-0.1, -0.05) is 0 Å². The summed E-state index contributed by atoms with van der Waals surface area (Å²) >= 11 is 10.4. The lowest BCUT2D eigenvalue weighted by Gasteiger charge is -1.89. The average molecular weight is 186 g/mol. The van der Waals surface area contributed by atoms with E-state index in [4.69, 9.17) is 0 Å². The minimum Gasteiger partial charge on any atom is -0.148 e. The Balaban J connectivity index is 2.60. The van der Waals surface area contributed by atoms with E-state index in [1.165, 1.54) is 10.4 Å². The zero-order valence-electron chi connectivity index (χ0n) is 5.16.